The van der Waals surface area contributed by atoms with Crippen LogP contribution in [0, 0.1) is 18.8 Å². The summed E-state index contributed by atoms with van der Waals surface area (Å²) in [5.41, 5.74) is 6.59. The first-order chi connectivity index (χ1) is 23.2. The number of sulfonamides is 1. The van der Waals surface area contributed by atoms with Gasteiger partial charge in [0.2, 0.25) is 39.2 Å². The van der Waals surface area contributed by atoms with Crippen molar-refractivity contribution >= 4 is 49.8 Å². The fourth-order valence-corrected chi connectivity index (χ4v) is 7.59. The number of carbonyl (C=O) groups excluding carboxylic acids is 3. The third-order valence-electron chi connectivity index (χ3n) is 9.16. The van der Waals surface area contributed by atoms with Crippen molar-refractivity contribution in [3.8, 4) is 5.88 Å². The van der Waals surface area contributed by atoms with Crippen LogP contribution >= 0.6 is 0 Å². The lowest BCUT2D eigenvalue weighted by molar-refractivity contribution is -0.145. The van der Waals surface area contributed by atoms with Crippen molar-refractivity contribution < 1.29 is 45.1 Å². The van der Waals surface area contributed by atoms with Gasteiger partial charge < -0.3 is 19.8 Å². The van der Waals surface area contributed by atoms with Crippen molar-refractivity contribution in [2.45, 2.75) is 94.7 Å². The fraction of sp³-hybridized carbons (Fsp3) is 0.545. The van der Waals surface area contributed by atoms with Gasteiger partial charge in [-0.15, -0.1) is 0 Å². The summed E-state index contributed by atoms with van der Waals surface area (Å²) in [6.07, 6.45) is 4.03. The van der Waals surface area contributed by atoms with E-state index in [1.165, 1.54) is 4.90 Å². The molecule has 3 heterocycles. The molecular weight excluding hydrogens is 667 g/mol. The van der Waals surface area contributed by atoms with E-state index in [0.29, 0.717) is 36.7 Å². The number of carbonyl (C=O) groups is 3. The van der Waals surface area contributed by atoms with Gasteiger partial charge in [0.05, 0.1) is 11.8 Å². The smallest absolute Gasteiger partial charge is 0.451 e. The number of nitrogens with zero attached hydrogens (tertiary/aromatic N) is 3. The van der Waals surface area contributed by atoms with E-state index >= 15 is 0 Å². The molecule has 3 amide bonds. The standard InChI is InChI=1S/C33H38F3N5O7S/c1-18-10-13-25-23(14-18)27-28(48-25)31(39-32(38-27)33(34,35)36)47-20-16-24(29(37)43)41(17-20)26(42)9-7-5-3-2-4-6-8-19-15-22(19)30(44)40-49(45,46)21-11-12-21/h6,8,10,13-14,19-22,24H,2-5,7,9,11-12,15-17H2,1H3,(H2,37,43)(H,40,44)/b8-6-/t19-,20-,22+,24+/m1/s1. The number of hydrogen-bond donors (Lipinski definition) is 2. The highest BCUT2D eigenvalue weighted by Crippen LogP contribution is 2.41. The van der Waals surface area contributed by atoms with Gasteiger partial charge in [0.1, 0.15) is 23.2 Å². The zero-order chi connectivity index (χ0) is 35.1. The van der Waals surface area contributed by atoms with Gasteiger partial charge in [0, 0.05) is 24.1 Å². The predicted molar refractivity (Wildman–Crippen MR) is 171 cm³/mol. The number of rotatable bonds is 14. The normalized spacial score (nSPS) is 22.7. The van der Waals surface area contributed by atoms with Crippen LogP contribution in [0.1, 0.15) is 75.6 Å². The Morgan fingerprint density at radius 1 is 1.12 bits per heavy atom. The van der Waals surface area contributed by atoms with Gasteiger partial charge in [-0.2, -0.15) is 18.2 Å². The molecule has 2 aromatic heterocycles. The minimum Gasteiger partial charge on any atom is -0.470 e. The number of allylic oxidation sites excluding steroid dienone is 2. The van der Waals surface area contributed by atoms with E-state index in [1.54, 1.807) is 25.1 Å². The molecule has 0 bridgehead atoms. The summed E-state index contributed by atoms with van der Waals surface area (Å²) in [5.74, 6) is -3.55. The van der Waals surface area contributed by atoms with Gasteiger partial charge in [-0.1, -0.05) is 36.6 Å². The SMILES string of the molecule is Cc1ccc2oc3c(O[C@@H]4C[C@@H](C(N)=O)N(C(=O)CCCCCC/C=C\[C@@H]5C[C@@H]5C(=O)NS(=O)(=O)C5CC5)C4)nc(C(F)(F)F)nc3c2c1. The van der Waals surface area contributed by atoms with Gasteiger partial charge in [-0.25, -0.2) is 13.4 Å². The number of alkyl halides is 3. The first kappa shape index (κ1) is 34.6. The molecule has 3 N–H and O–H groups in total. The summed E-state index contributed by atoms with van der Waals surface area (Å²) >= 11 is 0. The Labute approximate surface area is 280 Å². The zero-order valence-corrected chi connectivity index (χ0v) is 27.7. The fourth-order valence-electron chi connectivity index (χ4n) is 6.24. The molecular formula is C33H38F3N5O7S. The monoisotopic (exact) mass is 705 g/mol. The van der Waals surface area contributed by atoms with Crippen molar-refractivity contribution in [1.82, 2.24) is 19.6 Å². The van der Waals surface area contributed by atoms with E-state index in [9.17, 15) is 36.0 Å². The Morgan fingerprint density at radius 2 is 1.88 bits per heavy atom. The van der Waals surface area contributed by atoms with Gasteiger partial charge in [-0.05, 0) is 63.5 Å². The molecule has 4 atom stereocenters. The second kappa shape index (κ2) is 13.6. The van der Waals surface area contributed by atoms with Crippen LogP contribution in [0.5, 0.6) is 5.88 Å². The Bertz CT molecular complexity index is 1910. The number of ether oxygens (including phenoxy) is 1. The molecule has 1 saturated heterocycles. The van der Waals surface area contributed by atoms with Gasteiger partial charge in [-0.3, -0.25) is 19.1 Å². The molecule has 49 heavy (non-hydrogen) atoms. The van der Waals surface area contributed by atoms with Crippen LogP contribution in [0.15, 0.2) is 34.8 Å². The number of aryl methyl sites for hydroxylation is 1. The highest BCUT2D eigenvalue weighted by Gasteiger charge is 2.45. The van der Waals surface area contributed by atoms with E-state index in [0.717, 1.165) is 31.2 Å². The lowest BCUT2D eigenvalue weighted by atomic mass is 10.1. The number of furan rings is 1. The van der Waals surface area contributed by atoms with Crippen molar-refractivity contribution in [2.24, 2.45) is 17.6 Å². The molecule has 1 aromatic carbocycles. The van der Waals surface area contributed by atoms with E-state index in [1.807, 2.05) is 12.2 Å². The van der Waals surface area contributed by atoms with Crippen LogP contribution in [0.4, 0.5) is 13.2 Å². The minimum absolute atomic E-state index is 0.0145. The third kappa shape index (κ3) is 8.00. The second-order valence-corrected chi connectivity index (χ2v) is 15.1. The molecule has 0 unspecified atom stereocenters. The number of primary amides is 1. The lowest BCUT2D eigenvalue weighted by Gasteiger charge is -2.21. The topological polar surface area (TPSA) is 175 Å². The first-order valence-electron chi connectivity index (χ1n) is 16.5. The Balaban J connectivity index is 0.979. The maximum Gasteiger partial charge on any atom is 0.451 e. The average molecular weight is 706 g/mol. The first-order valence-corrected chi connectivity index (χ1v) is 18.0. The number of amides is 3. The number of nitrogens with two attached hydrogens (primary N) is 1. The predicted octanol–water partition coefficient (Wildman–Crippen LogP) is 4.68. The summed E-state index contributed by atoms with van der Waals surface area (Å²) in [7, 11) is -3.53. The van der Waals surface area contributed by atoms with Crippen LogP contribution < -0.4 is 15.2 Å². The molecule has 2 aliphatic carbocycles. The van der Waals surface area contributed by atoms with Crippen molar-refractivity contribution in [2.75, 3.05) is 6.54 Å². The number of fused-ring (bicyclic) bond motifs is 3. The molecule has 264 valence electrons. The van der Waals surface area contributed by atoms with Gasteiger partial charge >= 0.3 is 6.18 Å². The van der Waals surface area contributed by atoms with E-state index in [2.05, 4.69) is 14.7 Å². The van der Waals surface area contributed by atoms with E-state index < -0.39 is 57.1 Å². The molecule has 12 nitrogen and oxygen atoms in total. The second-order valence-electron chi connectivity index (χ2n) is 13.2. The molecule has 0 radical (unpaired) electrons. The van der Waals surface area contributed by atoms with Crippen molar-refractivity contribution in [1.29, 1.82) is 0 Å². The van der Waals surface area contributed by atoms with Crippen LogP contribution in [0.2, 0.25) is 0 Å². The van der Waals surface area contributed by atoms with Crippen molar-refractivity contribution in [3.05, 3.63) is 41.7 Å². The number of nitrogens with one attached hydrogen (secondary N) is 1. The van der Waals surface area contributed by atoms with Crippen LogP contribution in [-0.2, 0) is 30.6 Å². The molecule has 3 aromatic rings. The lowest BCUT2D eigenvalue weighted by Crippen LogP contribution is -2.43. The number of benzene rings is 1. The van der Waals surface area contributed by atoms with E-state index in [-0.39, 0.29) is 48.2 Å². The molecule has 1 aliphatic heterocycles. The van der Waals surface area contributed by atoms with Crippen LogP contribution in [0.3, 0.4) is 0 Å². The van der Waals surface area contributed by atoms with Gasteiger partial charge in [0.15, 0.2) is 0 Å². The summed E-state index contributed by atoms with van der Waals surface area (Å²) in [4.78, 5) is 46.2. The Morgan fingerprint density at radius 3 is 2.59 bits per heavy atom. The van der Waals surface area contributed by atoms with Gasteiger partial charge in [0.25, 0.3) is 5.88 Å². The maximum absolute atomic E-state index is 13.7. The molecule has 16 heteroatoms. The summed E-state index contributed by atoms with van der Waals surface area (Å²) in [6, 6.07) is 4.05. The Hall–Kier alpha value is -4.21. The van der Waals surface area contributed by atoms with E-state index in [4.69, 9.17) is 14.9 Å². The number of aromatic nitrogens is 2. The van der Waals surface area contributed by atoms with Crippen LogP contribution in [-0.4, -0.2) is 64.9 Å². The molecule has 0 spiro atoms. The van der Waals surface area contributed by atoms with Crippen LogP contribution in [0.25, 0.3) is 22.1 Å². The molecule has 2 saturated carbocycles. The number of halogens is 3. The number of likely N-dealkylation sites (tertiary alicyclic amines) is 1. The maximum atomic E-state index is 13.7. The zero-order valence-electron chi connectivity index (χ0n) is 26.9. The Kier molecular flexibility index (Phi) is 9.61. The summed E-state index contributed by atoms with van der Waals surface area (Å²) in [6.45, 7) is 1.73. The molecule has 3 aliphatic rings. The summed E-state index contributed by atoms with van der Waals surface area (Å²) in [5, 5.41) is -0.0551. The summed E-state index contributed by atoms with van der Waals surface area (Å²) < 4.78 is 79.0. The molecule has 6 rings (SSSR count). The minimum atomic E-state index is -4.86. The average Bonchev–Trinajstić information content (AvgIpc) is 3.95. The quantitative estimate of drug-likeness (QED) is 0.178. The number of unbranched alkanes of at least 4 members (excludes halogenated alkanes) is 4. The highest BCUT2D eigenvalue weighted by molar-refractivity contribution is 7.90. The molecule has 3 fully saturated rings. The van der Waals surface area contributed by atoms with Crippen molar-refractivity contribution in [3.63, 3.8) is 0 Å². The number of hydrogen-bond acceptors (Lipinski definition) is 9. The third-order valence-corrected chi connectivity index (χ3v) is 11.0. The largest absolute Gasteiger partial charge is 0.470 e. The highest BCUT2D eigenvalue weighted by atomic mass is 32.2.